The SMILES string of the molecule is CNCc1cccc(OCNC(=O)C[P+](c2ccccc2)(c2ccccc2)c2ccccc2)c1. The molecule has 0 spiro atoms. The molecular formula is C29H30N2O2P+. The van der Waals surface area contributed by atoms with Crippen molar-refractivity contribution in [3.05, 3.63) is 121 Å². The van der Waals surface area contributed by atoms with Crippen LogP contribution in [0.4, 0.5) is 0 Å². The molecule has 0 aliphatic heterocycles. The number of hydrogen-bond acceptors (Lipinski definition) is 3. The van der Waals surface area contributed by atoms with E-state index in [1.807, 2.05) is 49.5 Å². The molecule has 0 atom stereocenters. The summed E-state index contributed by atoms with van der Waals surface area (Å²) in [5.41, 5.74) is 1.13. The molecule has 0 saturated carbocycles. The quantitative estimate of drug-likeness (QED) is 0.274. The first kappa shape index (κ1) is 23.7. The summed E-state index contributed by atoms with van der Waals surface area (Å²) in [7, 11) is -0.302. The Bertz CT molecular complexity index is 1090. The van der Waals surface area contributed by atoms with Gasteiger partial charge in [-0.2, -0.15) is 0 Å². The van der Waals surface area contributed by atoms with Crippen LogP contribution in [0.25, 0.3) is 0 Å². The molecule has 1 amide bonds. The summed E-state index contributed by atoms with van der Waals surface area (Å²) in [4.78, 5) is 13.4. The maximum Gasteiger partial charge on any atom is 0.261 e. The first-order valence-corrected chi connectivity index (χ1v) is 13.4. The minimum Gasteiger partial charge on any atom is -0.473 e. The van der Waals surface area contributed by atoms with Crippen LogP contribution in [0, 0.1) is 0 Å². The van der Waals surface area contributed by atoms with Crippen LogP contribution in [0.1, 0.15) is 5.56 Å². The average Bonchev–Trinajstić information content (AvgIpc) is 2.89. The number of carbonyl (C=O) groups is 1. The number of amides is 1. The molecule has 0 radical (unpaired) electrons. The highest BCUT2D eigenvalue weighted by Gasteiger charge is 2.47. The highest BCUT2D eigenvalue weighted by atomic mass is 31.2. The lowest BCUT2D eigenvalue weighted by Crippen LogP contribution is -2.40. The van der Waals surface area contributed by atoms with E-state index in [4.69, 9.17) is 4.74 Å². The van der Waals surface area contributed by atoms with Crippen molar-refractivity contribution in [2.75, 3.05) is 19.9 Å². The van der Waals surface area contributed by atoms with Gasteiger partial charge in [-0.05, 0) is 61.1 Å². The molecule has 4 aromatic carbocycles. The molecule has 0 heterocycles. The van der Waals surface area contributed by atoms with Gasteiger partial charge in [0.05, 0.1) is 0 Å². The Hall–Kier alpha value is -3.46. The number of rotatable bonds is 10. The minimum absolute atomic E-state index is 0.0312. The van der Waals surface area contributed by atoms with Gasteiger partial charge in [-0.1, -0.05) is 66.7 Å². The fraction of sp³-hybridized carbons (Fsp3) is 0.138. The van der Waals surface area contributed by atoms with Crippen molar-refractivity contribution in [3.63, 3.8) is 0 Å². The predicted molar refractivity (Wildman–Crippen MR) is 143 cm³/mol. The first-order chi connectivity index (χ1) is 16.7. The number of benzene rings is 4. The van der Waals surface area contributed by atoms with Crippen LogP contribution in [-0.4, -0.2) is 25.8 Å². The van der Waals surface area contributed by atoms with Crippen LogP contribution in [0.5, 0.6) is 5.75 Å². The largest absolute Gasteiger partial charge is 0.473 e. The van der Waals surface area contributed by atoms with Gasteiger partial charge in [0.15, 0.2) is 12.9 Å². The highest BCUT2D eigenvalue weighted by Crippen LogP contribution is 2.54. The molecule has 5 heteroatoms. The van der Waals surface area contributed by atoms with E-state index in [2.05, 4.69) is 83.4 Å². The predicted octanol–water partition coefficient (Wildman–Crippen LogP) is 3.85. The Kier molecular flexibility index (Phi) is 8.08. The monoisotopic (exact) mass is 469 g/mol. The van der Waals surface area contributed by atoms with Gasteiger partial charge in [0.25, 0.3) is 5.91 Å². The van der Waals surface area contributed by atoms with Crippen LogP contribution in [0.2, 0.25) is 0 Å². The Balaban J connectivity index is 1.60. The van der Waals surface area contributed by atoms with Crippen LogP contribution in [-0.2, 0) is 11.3 Å². The Morgan fingerprint density at radius 2 is 1.26 bits per heavy atom. The summed E-state index contributed by atoms with van der Waals surface area (Å²) < 4.78 is 5.85. The zero-order valence-corrected chi connectivity index (χ0v) is 20.2. The Morgan fingerprint density at radius 3 is 1.76 bits per heavy atom. The molecular weight excluding hydrogens is 439 g/mol. The van der Waals surface area contributed by atoms with Gasteiger partial charge in [0.2, 0.25) is 0 Å². The maximum atomic E-state index is 13.4. The van der Waals surface area contributed by atoms with E-state index in [0.29, 0.717) is 6.16 Å². The molecule has 172 valence electrons. The molecule has 34 heavy (non-hydrogen) atoms. The summed E-state index contributed by atoms with van der Waals surface area (Å²) in [6, 6.07) is 39.1. The number of ether oxygens (including phenoxy) is 1. The lowest BCUT2D eigenvalue weighted by molar-refractivity contribution is -0.119. The standard InChI is InChI=1S/C29H29N2O2P/c1-30-21-24-12-11-13-25(20-24)33-23-31-29(32)22-34(26-14-5-2-6-15-26,27-16-7-3-8-17-27)28-18-9-4-10-19-28/h2-20,30H,21-23H2,1H3/p+1. The summed E-state index contributed by atoms with van der Waals surface area (Å²) in [5.74, 6) is 0.708. The van der Waals surface area contributed by atoms with E-state index in [1.54, 1.807) is 0 Å². The van der Waals surface area contributed by atoms with E-state index in [0.717, 1.165) is 17.9 Å². The molecule has 0 aliphatic rings. The molecule has 0 bridgehead atoms. The molecule has 4 rings (SSSR count). The highest BCUT2D eigenvalue weighted by molar-refractivity contribution is 7.96. The number of nitrogens with one attached hydrogen (secondary N) is 2. The molecule has 2 N–H and O–H groups in total. The van der Waals surface area contributed by atoms with E-state index >= 15 is 0 Å². The lowest BCUT2D eigenvalue weighted by atomic mass is 10.2. The van der Waals surface area contributed by atoms with Gasteiger partial charge in [-0.15, -0.1) is 0 Å². The third-order valence-corrected chi connectivity index (χ3v) is 10.1. The Morgan fingerprint density at radius 1 is 0.735 bits per heavy atom. The summed E-state index contributed by atoms with van der Waals surface area (Å²) >= 11 is 0. The topological polar surface area (TPSA) is 50.4 Å². The third kappa shape index (κ3) is 5.53. The van der Waals surface area contributed by atoms with E-state index in [9.17, 15) is 4.79 Å². The van der Waals surface area contributed by atoms with Gasteiger partial charge >= 0.3 is 0 Å². The number of carbonyl (C=O) groups excluding carboxylic acids is 1. The van der Waals surface area contributed by atoms with E-state index < -0.39 is 7.26 Å². The Labute approximate surface area is 202 Å². The van der Waals surface area contributed by atoms with Crippen molar-refractivity contribution in [2.24, 2.45) is 0 Å². The molecule has 4 aromatic rings. The van der Waals surface area contributed by atoms with Crippen LogP contribution in [0.15, 0.2) is 115 Å². The minimum atomic E-state index is -2.21. The second-order valence-electron chi connectivity index (χ2n) is 8.04. The first-order valence-electron chi connectivity index (χ1n) is 11.4. The van der Waals surface area contributed by atoms with Gasteiger partial charge in [0.1, 0.15) is 28.9 Å². The van der Waals surface area contributed by atoms with Crippen molar-refractivity contribution >= 4 is 29.1 Å². The molecule has 0 aliphatic carbocycles. The second kappa shape index (κ2) is 11.6. The van der Waals surface area contributed by atoms with E-state index in [1.165, 1.54) is 15.9 Å². The van der Waals surface area contributed by atoms with Crippen LogP contribution >= 0.6 is 7.26 Å². The van der Waals surface area contributed by atoms with Gasteiger partial charge in [-0.3, -0.25) is 4.79 Å². The third-order valence-electron chi connectivity index (χ3n) is 5.76. The van der Waals surface area contributed by atoms with Crippen molar-refractivity contribution in [1.82, 2.24) is 10.6 Å². The second-order valence-corrected chi connectivity index (χ2v) is 11.5. The van der Waals surface area contributed by atoms with Gasteiger partial charge in [-0.25, -0.2) is 0 Å². The molecule has 0 unspecified atom stereocenters. The van der Waals surface area contributed by atoms with Crippen LogP contribution < -0.4 is 31.3 Å². The molecule has 4 nitrogen and oxygen atoms in total. The zero-order chi connectivity index (χ0) is 23.6. The fourth-order valence-corrected chi connectivity index (χ4v) is 8.22. The van der Waals surface area contributed by atoms with Gasteiger partial charge < -0.3 is 15.4 Å². The summed E-state index contributed by atoms with van der Waals surface area (Å²) in [6.07, 6.45) is 0.369. The smallest absolute Gasteiger partial charge is 0.261 e. The van der Waals surface area contributed by atoms with Crippen molar-refractivity contribution in [3.8, 4) is 5.75 Å². The van der Waals surface area contributed by atoms with Gasteiger partial charge in [0, 0.05) is 6.54 Å². The molecule has 0 saturated heterocycles. The van der Waals surface area contributed by atoms with Crippen molar-refractivity contribution in [1.29, 1.82) is 0 Å². The van der Waals surface area contributed by atoms with Crippen LogP contribution in [0.3, 0.4) is 0 Å². The van der Waals surface area contributed by atoms with Crippen molar-refractivity contribution in [2.45, 2.75) is 6.54 Å². The molecule has 0 aromatic heterocycles. The molecule has 0 fully saturated rings. The fourth-order valence-electron chi connectivity index (χ4n) is 4.19. The average molecular weight is 470 g/mol. The maximum absolute atomic E-state index is 13.4. The zero-order valence-electron chi connectivity index (χ0n) is 19.4. The van der Waals surface area contributed by atoms with E-state index in [-0.39, 0.29) is 12.6 Å². The normalized spacial score (nSPS) is 11.1. The van der Waals surface area contributed by atoms with Crippen molar-refractivity contribution < 1.29 is 9.53 Å². The summed E-state index contributed by atoms with van der Waals surface area (Å²) in [5, 5.41) is 9.69. The number of hydrogen-bond donors (Lipinski definition) is 2. The summed E-state index contributed by atoms with van der Waals surface area (Å²) in [6.45, 7) is 0.891. The lowest BCUT2D eigenvalue weighted by Gasteiger charge is -2.27.